The summed E-state index contributed by atoms with van der Waals surface area (Å²) >= 11 is 0. The molecule has 0 bridgehead atoms. The predicted octanol–water partition coefficient (Wildman–Crippen LogP) is 1.64. The van der Waals surface area contributed by atoms with Gasteiger partial charge in [-0.25, -0.2) is 22.5 Å². The number of hydrogen-bond donors (Lipinski definition) is 2. The van der Waals surface area contributed by atoms with Gasteiger partial charge in [0.25, 0.3) is 0 Å². The van der Waals surface area contributed by atoms with Crippen molar-refractivity contribution < 1.29 is 18.3 Å². The molecule has 0 saturated carbocycles. The maximum Gasteiger partial charge on any atom is 0.354 e. The van der Waals surface area contributed by atoms with E-state index >= 15 is 0 Å². The summed E-state index contributed by atoms with van der Waals surface area (Å²) in [5.74, 6) is -0.275. The number of aromatic nitrogens is 1. The normalized spacial score (nSPS) is 17.3. The number of nitrogens with zero attached hydrogens (tertiary/aromatic N) is 2. The van der Waals surface area contributed by atoms with Gasteiger partial charge in [0.15, 0.2) is 5.69 Å². The van der Waals surface area contributed by atoms with E-state index in [1.54, 1.807) is 16.4 Å². The lowest BCUT2D eigenvalue weighted by molar-refractivity contribution is 0.0690. The van der Waals surface area contributed by atoms with Gasteiger partial charge in [-0.3, -0.25) is 0 Å². The van der Waals surface area contributed by atoms with E-state index in [4.69, 9.17) is 5.11 Å². The van der Waals surface area contributed by atoms with Crippen molar-refractivity contribution >= 4 is 21.8 Å². The fraction of sp³-hybridized carbons (Fsp3) is 0.600. The van der Waals surface area contributed by atoms with Crippen LogP contribution < -0.4 is 5.32 Å². The number of anilines is 1. The molecule has 2 rings (SSSR count). The third-order valence-corrected chi connectivity index (χ3v) is 5.95. The van der Waals surface area contributed by atoms with Crippen LogP contribution in [0.2, 0.25) is 0 Å². The van der Waals surface area contributed by atoms with Crippen molar-refractivity contribution in [2.24, 2.45) is 5.92 Å². The second-order valence-electron chi connectivity index (χ2n) is 6.20. The molecule has 1 aromatic rings. The Morgan fingerprint density at radius 3 is 2.61 bits per heavy atom. The smallest absolute Gasteiger partial charge is 0.354 e. The Bertz CT molecular complexity index is 652. The largest absolute Gasteiger partial charge is 0.477 e. The molecule has 7 nitrogen and oxygen atoms in total. The van der Waals surface area contributed by atoms with Crippen LogP contribution in [0, 0.1) is 5.92 Å². The highest BCUT2D eigenvalue weighted by Crippen LogP contribution is 2.19. The summed E-state index contributed by atoms with van der Waals surface area (Å²) in [5, 5.41) is 12.1. The lowest BCUT2D eigenvalue weighted by atomic mass is 10.1. The number of carboxylic acid groups (broad SMARTS) is 1. The molecule has 1 aliphatic rings. The summed E-state index contributed by atoms with van der Waals surface area (Å²) in [6.45, 7) is 4.75. The van der Waals surface area contributed by atoms with Crippen LogP contribution in [0.5, 0.6) is 0 Å². The summed E-state index contributed by atoms with van der Waals surface area (Å²) in [6.07, 6.45) is 1.35. The van der Waals surface area contributed by atoms with Gasteiger partial charge in [0.05, 0.1) is 5.75 Å². The van der Waals surface area contributed by atoms with Gasteiger partial charge >= 0.3 is 5.97 Å². The highest BCUT2D eigenvalue weighted by molar-refractivity contribution is 7.89. The van der Waals surface area contributed by atoms with E-state index in [2.05, 4.69) is 10.3 Å². The van der Waals surface area contributed by atoms with Crippen molar-refractivity contribution in [1.82, 2.24) is 9.29 Å². The van der Waals surface area contributed by atoms with Gasteiger partial charge in [-0.15, -0.1) is 0 Å². The molecule has 128 valence electrons. The van der Waals surface area contributed by atoms with Crippen LogP contribution >= 0.6 is 0 Å². The highest BCUT2D eigenvalue weighted by Gasteiger charge is 2.28. The summed E-state index contributed by atoms with van der Waals surface area (Å²) in [7, 11) is -3.18. The molecular weight excluding hydrogens is 318 g/mol. The number of nitrogens with one attached hydrogen (secondary N) is 1. The molecule has 23 heavy (non-hydrogen) atoms. The average Bonchev–Trinajstić information content (AvgIpc) is 2.46. The molecule has 1 fully saturated rings. The van der Waals surface area contributed by atoms with Crippen molar-refractivity contribution in [3.05, 3.63) is 23.9 Å². The summed E-state index contributed by atoms with van der Waals surface area (Å²) in [5.41, 5.74) is -0.00746. The Hall–Kier alpha value is -1.67. The molecule has 0 unspecified atom stereocenters. The molecule has 1 saturated heterocycles. The highest BCUT2D eigenvalue weighted by atomic mass is 32.2. The minimum atomic E-state index is -3.18. The summed E-state index contributed by atoms with van der Waals surface area (Å²) < 4.78 is 26.0. The third kappa shape index (κ3) is 4.90. The van der Waals surface area contributed by atoms with Crippen LogP contribution in [-0.4, -0.2) is 53.7 Å². The summed E-state index contributed by atoms with van der Waals surface area (Å²) in [6, 6.07) is 4.89. The number of rotatable bonds is 6. The molecule has 1 aliphatic heterocycles. The molecule has 0 aromatic carbocycles. The number of aromatic carboxylic acids is 1. The van der Waals surface area contributed by atoms with Crippen LogP contribution in [0.3, 0.4) is 0 Å². The van der Waals surface area contributed by atoms with Gasteiger partial charge in [-0.1, -0.05) is 19.9 Å². The van der Waals surface area contributed by atoms with Crippen molar-refractivity contribution in [3.63, 3.8) is 0 Å². The van der Waals surface area contributed by atoms with Gasteiger partial charge in [-0.05, 0) is 30.9 Å². The van der Waals surface area contributed by atoms with E-state index in [-0.39, 0.29) is 23.4 Å². The molecule has 0 amide bonds. The minimum Gasteiger partial charge on any atom is -0.477 e. The van der Waals surface area contributed by atoms with E-state index < -0.39 is 16.0 Å². The van der Waals surface area contributed by atoms with E-state index in [1.165, 1.54) is 6.07 Å². The van der Waals surface area contributed by atoms with Crippen molar-refractivity contribution in [3.8, 4) is 0 Å². The number of piperidine rings is 1. The fourth-order valence-corrected chi connectivity index (χ4v) is 4.47. The van der Waals surface area contributed by atoms with Gasteiger partial charge in [-0.2, -0.15) is 0 Å². The van der Waals surface area contributed by atoms with Crippen molar-refractivity contribution in [2.75, 3.05) is 24.2 Å². The lowest BCUT2D eigenvalue weighted by Gasteiger charge is -2.32. The quantitative estimate of drug-likeness (QED) is 0.816. The Kier molecular flexibility index (Phi) is 5.59. The zero-order valence-corrected chi connectivity index (χ0v) is 14.2. The Morgan fingerprint density at radius 2 is 2.04 bits per heavy atom. The maximum absolute atomic E-state index is 12.2. The van der Waals surface area contributed by atoms with Gasteiger partial charge in [0.2, 0.25) is 10.0 Å². The summed E-state index contributed by atoms with van der Waals surface area (Å²) in [4.78, 5) is 15.0. The van der Waals surface area contributed by atoms with Gasteiger partial charge in [0.1, 0.15) is 5.82 Å². The first-order valence-corrected chi connectivity index (χ1v) is 9.33. The van der Waals surface area contributed by atoms with Crippen LogP contribution in [0.4, 0.5) is 5.82 Å². The molecule has 0 atom stereocenters. The van der Waals surface area contributed by atoms with Crippen LogP contribution in [0.15, 0.2) is 18.2 Å². The molecule has 2 N–H and O–H groups in total. The third-order valence-electron chi connectivity index (χ3n) is 3.71. The molecule has 1 aromatic heterocycles. The second kappa shape index (κ2) is 7.27. The number of carboxylic acids is 1. The fourth-order valence-electron chi connectivity index (χ4n) is 2.65. The Labute approximate surface area is 136 Å². The molecule has 2 heterocycles. The second-order valence-corrected chi connectivity index (χ2v) is 8.22. The Morgan fingerprint density at radius 1 is 1.39 bits per heavy atom. The van der Waals surface area contributed by atoms with Crippen molar-refractivity contribution in [2.45, 2.75) is 32.7 Å². The van der Waals surface area contributed by atoms with Crippen LogP contribution in [0.25, 0.3) is 0 Å². The molecule has 0 aliphatic carbocycles. The number of carbonyl (C=O) groups is 1. The molecular formula is C15H23N3O4S. The number of hydrogen-bond acceptors (Lipinski definition) is 5. The topological polar surface area (TPSA) is 99.6 Å². The van der Waals surface area contributed by atoms with E-state index in [0.717, 1.165) is 0 Å². The SMILES string of the molecule is CC(C)CS(=O)(=O)N1CCC(Nc2cccc(C(=O)O)n2)CC1. The monoisotopic (exact) mass is 341 g/mol. The zero-order valence-electron chi connectivity index (χ0n) is 13.4. The first-order valence-electron chi connectivity index (χ1n) is 7.72. The predicted molar refractivity (Wildman–Crippen MR) is 88.0 cm³/mol. The van der Waals surface area contributed by atoms with E-state index in [1.807, 2.05) is 13.8 Å². The van der Waals surface area contributed by atoms with E-state index in [9.17, 15) is 13.2 Å². The molecule has 0 radical (unpaired) electrons. The van der Waals surface area contributed by atoms with Crippen LogP contribution in [0.1, 0.15) is 37.2 Å². The van der Waals surface area contributed by atoms with E-state index in [0.29, 0.717) is 31.7 Å². The van der Waals surface area contributed by atoms with Gasteiger partial charge < -0.3 is 10.4 Å². The first-order chi connectivity index (χ1) is 10.8. The van der Waals surface area contributed by atoms with Crippen LogP contribution in [-0.2, 0) is 10.0 Å². The molecule has 8 heteroatoms. The number of sulfonamides is 1. The van der Waals surface area contributed by atoms with Crippen molar-refractivity contribution in [1.29, 1.82) is 0 Å². The molecule has 0 spiro atoms. The maximum atomic E-state index is 12.2. The number of pyridine rings is 1. The first kappa shape index (κ1) is 17.7. The lowest BCUT2D eigenvalue weighted by Crippen LogP contribution is -2.43. The Balaban J connectivity index is 1.92. The average molecular weight is 341 g/mol. The minimum absolute atomic E-state index is 0.00746. The standard InChI is InChI=1S/C15H23N3O4S/c1-11(2)10-23(21,22)18-8-6-12(7-9-18)16-14-5-3-4-13(17-14)15(19)20/h3-5,11-12H,6-10H2,1-2H3,(H,16,17)(H,19,20). The van der Waals surface area contributed by atoms with Gasteiger partial charge in [0, 0.05) is 19.1 Å². The zero-order chi connectivity index (χ0) is 17.0.